The van der Waals surface area contributed by atoms with E-state index in [2.05, 4.69) is 27.7 Å². The summed E-state index contributed by atoms with van der Waals surface area (Å²) in [7, 11) is 0. The van der Waals surface area contributed by atoms with Crippen molar-refractivity contribution in [3.8, 4) is 0 Å². The third-order valence-electron chi connectivity index (χ3n) is 2.67. The first-order valence-electron chi connectivity index (χ1n) is 5.95. The van der Waals surface area contributed by atoms with Gasteiger partial charge in [-0.1, -0.05) is 66.2 Å². The lowest BCUT2D eigenvalue weighted by Crippen LogP contribution is -1.95. The monoisotopic (exact) mass is 183 g/mol. The Bertz CT molecular complexity index is 94.2. The Morgan fingerprint density at radius 2 is 1.62 bits per heavy atom. The summed E-state index contributed by atoms with van der Waals surface area (Å²) in [5, 5.41) is 0. The summed E-state index contributed by atoms with van der Waals surface area (Å²) in [5.41, 5.74) is 0. The van der Waals surface area contributed by atoms with E-state index >= 15 is 0 Å². The van der Waals surface area contributed by atoms with Crippen LogP contribution < -0.4 is 0 Å². The van der Waals surface area contributed by atoms with Crippen LogP contribution in [0.4, 0.5) is 0 Å². The Balaban J connectivity index is 3.12. The molecule has 0 aliphatic rings. The highest BCUT2D eigenvalue weighted by Gasteiger charge is 2.01. The van der Waals surface area contributed by atoms with Crippen LogP contribution in [0.5, 0.6) is 0 Å². The molecule has 0 spiro atoms. The van der Waals surface area contributed by atoms with E-state index in [9.17, 15) is 0 Å². The Morgan fingerprint density at radius 1 is 1.00 bits per heavy atom. The molecule has 1 radical (unpaired) electrons. The van der Waals surface area contributed by atoms with Crippen molar-refractivity contribution in [1.29, 1.82) is 0 Å². The van der Waals surface area contributed by atoms with Gasteiger partial charge in [0.15, 0.2) is 0 Å². The third kappa shape index (κ3) is 9.92. The molecule has 13 heavy (non-hydrogen) atoms. The fourth-order valence-corrected chi connectivity index (χ4v) is 1.67. The van der Waals surface area contributed by atoms with Crippen molar-refractivity contribution in [2.75, 3.05) is 0 Å². The van der Waals surface area contributed by atoms with Crippen molar-refractivity contribution in [3.05, 3.63) is 5.92 Å². The third-order valence-corrected chi connectivity index (χ3v) is 2.67. The van der Waals surface area contributed by atoms with Crippen molar-refractivity contribution < 1.29 is 0 Å². The maximum absolute atomic E-state index is 2.40. The van der Waals surface area contributed by atoms with Crippen molar-refractivity contribution in [3.63, 3.8) is 0 Å². The molecule has 0 saturated heterocycles. The summed E-state index contributed by atoms with van der Waals surface area (Å²) in [6.07, 6.45) is 9.81. The fourth-order valence-electron chi connectivity index (χ4n) is 1.67. The summed E-state index contributed by atoms with van der Waals surface area (Å²) in [5.74, 6) is 2.54. The van der Waals surface area contributed by atoms with Crippen LogP contribution in [0, 0.1) is 11.8 Å². The molecule has 1 unspecified atom stereocenters. The molecule has 0 N–H and O–H groups in total. The smallest absolute Gasteiger partial charge is 0.0303 e. The zero-order valence-electron chi connectivity index (χ0n) is 10.0. The van der Waals surface area contributed by atoms with Crippen molar-refractivity contribution in [1.82, 2.24) is 0 Å². The minimum atomic E-state index is 0.956. The minimum Gasteiger partial charge on any atom is -0.0654 e. The van der Waals surface area contributed by atoms with Gasteiger partial charge in [-0.05, 0) is 18.3 Å². The molecule has 0 aliphatic heterocycles. The lowest BCUT2D eigenvalue weighted by Gasteiger charge is -2.10. The van der Waals surface area contributed by atoms with E-state index in [1.54, 1.807) is 5.92 Å². The zero-order valence-corrected chi connectivity index (χ0v) is 10.0. The lowest BCUT2D eigenvalue weighted by molar-refractivity contribution is 0.447. The van der Waals surface area contributed by atoms with Gasteiger partial charge in [0.25, 0.3) is 0 Å². The molecule has 0 heterocycles. The van der Waals surface area contributed by atoms with Gasteiger partial charge in [0.1, 0.15) is 0 Å². The number of hydrogen-bond acceptors (Lipinski definition) is 0. The molecule has 1 atom stereocenters. The maximum Gasteiger partial charge on any atom is -0.0303 e. The largest absolute Gasteiger partial charge is 0.0654 e. The molecule has 0 heteroatoms. The summed E-state index contributed by atoms with van der Waals surface area (Å²) < 4.78 is 0. The van der Waals surface area contributed by atoms with Gasteiger partial charge in [-0.2, -0.15) is 0 Å². The molecule has 0 amide bonds. The first kappa shape index (κ1) is 13.0. The first-order valence-corrected chi connectivity index (χ1v) is 5.95. The summed E-state index contributed by atoms with van der Waals surface area (Å²) in [6.45, 7) is 9.15. The highest BCUT2D eigenvalue weighted by molar-refractivity contribution is 4.75. The van der Waals surface area contributed by atoms with Gasteiger partial charge in [-0.15, -0.1) is 0 Å². The average Bonchev–Trinajstić information content (AvgIpc) is 2.08. The van der Waals surface area contributed by atoms with Crippen LogP contribution in [-0.4, -0.2) is 0 Å². The Hall–Kier alpha value is 0. The predicted octanol–water partition coefficient (Wildman–Crippen LogP) is 4.99. The quantitative estimate of drug-likeness (QED) is 0.465. The van der Waals surface area contributed by atoms with Crippen LogP contribution in [0.15, 0.2) is 0 Å². The molecule has 0 aromatic carbocycles. The van der Waals surface area contributed by atoms with E-state index < -0.39 is 0 Å². The Morgan fingerprint density at radius 3 is 2.15 bits per heavy atom. The fraction of sp³-hybridized carbons (Fsp3) is 0.923. The molecule has 0 bridgehead atoms. The van der Waals surface area contributed by atoms with Crippen LogP contribution in [0.2, 0.25) is 0 Å². The maximum atomic E-state index is 2.40. The molecule has 0 nitrogen and oxygen atoms in total. The van der Waals surface area contributed by atoms with E-state index in [1.807, 2.05) is 0 Å². The van der Waals surface area contributed by atoms with E-state index in [0.29, 0.717) is 0 Å². The molecule has 0 aliphatic carbocycles. The molecule has 0 saturated carbocycles. The van der Waals surface area contributed by atoms with E-state index in [0.717, 1.165) is 5.92 Å². The average molecular weight is 183 g/mol. The molecular weight excluding hydrogens is 156 g/mol. The van der Waals surface area contributed by atoms with Crippen LogP contribution in [0.1, 0.15) is 72.6 Å². The topological polar surface area (TPSA) is 0 Å². The number of hydrogen-bond donors (Lipinski definition) is 0. The molecular formula is C13H27. The van der Waals surface area contributed by atoms with E-state index in [4.69, 9.17) is 0 Å². The second kappa shape index (κ2) is 8.59. The van der Waals surface area contributed by atoms with Gasteiger partial charge >= 0.3 is 0 Å². The van der Waals surface area contributed by atoms with Crippen molar-refractivity contribution in [2.45, 2.75) is 72.6 Å². The summed E-state index contributed by atoms with van der Waals surface area (Å²) in [4.78, 5) is 0. The van der Waals surface area contributed by atoms with Gasteiger partial charge in [0.05, 0.1) is 0 Å². The van der Waals surface area contributed by atoms with Crippen molar-refractivity contribution >= 4 is 0 Å². The predicted molar refractivity (Wildman–Crippen MR) is 61.7 cm³/mol. The molecule has 0 fully saturated rings. The first-order chi connectivity index (χ1) is 6.16. The molecule has 0 rings (SSSR count). The highest BCUT2D eigenvalue weighted by Crippen LogP contribution is 2.17. The summed E-state index contributed by atoms with van der Waals surface area (Å²) in [6, 6.07) is 0. The SMILES string of the molecule is CCCCC(C)CCCC[C](C)C. The number of rotatable bonds is 8. The highest BCUT2D eigenvalue weighted by atomic mass is 14.1. The molecule has 0 aromatic heterocycles. The summed E-state index contributed by atoms with van der Waals surface area (Å²) >= 11 is 0. The Labute approximate surface area is 85.1 Å². The van der Waals surface area contributed by atoms with Gasteiger partial charge in [0, 0.05) is 0 Å². The second-order valence-electron chi connectivity index (χ2n) is 4.70. The van der Waals surface area contributed by atoms with Gasteiger partial charge in [-0.25, -0.2) is 0 Å². The zero-order chi connectivity index (χ0) is 10.1. The Kier molecular flexibility index (Phi) is 8.59. The molecule has 0 aromatic rings. The van der Waals surface area contributed by atoms with Crippen LogP contribution >= 0.6 is 0 Å². The lowest BCUT2D eigenvalue weighted by atomic mass is 9.96. The van der Waals surface area contributed by atoms with Crippen LogP contribution in [0.3, 0.4) is 0 Å². The van der Waals surface area contributed by atoms with E-state index in [-0.39, 0.29) is 0 Å². The van der Waals surface area contributed by atoms with Gasteiger partial charge < -0.3 is 0 Å². The van der Waals surface area contributed by atoms with Crippen LogP contribution in [-0.2, 0) is 0 Å². The van der Waals surface area contributed by atoms with E-state index in [1.165, 1.54) is 44.9 Å². The van der Waals surface area contributed by atoms with Crippen molar-refractivity contribution in [2.24, 2.45) is 5.92 Å². The van der Waals surface area contributed by atoms with Gasteiger partial charge in [-0.3, -0.25) is 0 Å². The molecule has 79 valence electrons. The van der Waals surface area contributed by atoms with Crippen LogP contribution in [0.25, 0.3) is 0 Å². The number of unbranched alkanes of at least 4 members (excludes halogenated alkanes) is 2. The standard InChI is InChI=1S/C13H27/c1-5-6-10-13(4)11-8-7-9-12(2)3/h13H,5-11H2,1-4H3. The minimum absolute atomic E-state index is 0.956. The van der Waals surface area contributed by atoms with Gasteiger partial charge in [0.2, 0.25) is 0 Å². The normalized spacial score (nSPS) is 13.6. The second-order valence-corrected chi connectivity index (χ2v) is 4.70.